The van der Waals surface area contributed by atoms with E-state index in [0.29, 0.717) is 5.92 Å². The van der Waals surface area contributed by atoms with Gasteiger partial charge in [0.05, 0.1) is 12.0 Å². The topological polar surface area (TPSA) is 55.4 Å². The number of ether oxygens (including phenoxy) is 1. The molecule has 0 bridgehead atoms. The van der Waals surface area contributed by atoms with Crippen LogP contribution in [0.3, 0.4) is 0 Å². The summed E-state index contributed by atoms with van der Waals surface area (Å²) >= 11 is 0. The van der Waals surface area contributed by atoms with Crippen molar-refractivity contribution in [3.63, 3.8) is 0 Å². The van der Waals surface area contributed by atoms with Crippen LogP contribution in [0.25, 0.3) is 0 Å². The standard InChI is InChI=1S/C19H25NO3S/c1-14(2)13-16-5-11-19(12-6-16)24(21,22)20-15(3)17-7-9-18(23-4)10-8-17/h5-12,14-15,20H,13H2,1-4H3. The Morgan fingerprint density at radius 3 is 2.04 bits per heavy atom. The Hall–Kier alpha value is -1.85. The van der Waals surface area contributed by atoms with Gasteiger partial charge in [-0.2, -0.15) is 0 Å². The smallest absolute Gasteiger partial charge is 0.241 e. The molecule has 130 valence electrons. The SMILES string of the molecule is COc1ccc(C(C)NS(=O)(=O)c2ccc(CC(C)C)cc2)cc1. The van der Waals surface area contributed by atoms with E-state index in [1.54, 1.807) is 19.2 Å². The first-order valence-corrected chi connectivity index (χ1v) is 9.55. The number of rotatable bonds is 7. The maximum atomic E-state index is 12.5. The van der Waals surface area contributed by atoms with Gasteiger partial charge >= 0.3 is 0 Å². The van der Waals surface area contributed by atoms with E-state index >= 15 is 0 Å². The molecule has 4 nitrogen and oxygen atoms in total. The van der Waals surface area contributed by atoms with Gasteiger partial charge < -0.3 is 4.74 Å². The van der Waals surface area contributed by atoms with Crippen LogP contribution in [0.5, 0.6) is 5.75 Å². The Balaban J connectivity index is 2.11. The number of sulfonamides is 1. The molecule has 0 aliphatic carbocycles. The minimum Gasteiger partial charge on any atom is -0.497 e. The van der Waals surface area contributed by atoms with Crippen LogP contribution >= 0.6 is 0 Å². The van der Waals surface area contributed by atoms with E-state index in [-0.39, 0.29) is 10.9 Å². The van der Waals surface area contributed by atoms with Crippen molar-refractivity contribution >= 4 is 10.0 Å². The summed E-state index contributed by atoms with van der Waals surface area (Å²) in [6, 6.07) is 14.1. The first-order chi connectivity index (χ1) is 11.3. The van der Waals surface area contributed by atoms with Gasteiger partial charge in [-0.1, -0.05) is 38.1 Å². The fraction of sp³-hybridized carbons (Fsp3) is 0.368. The zero-order chi connectivity index (χ0) is 17.7. The molecule has 2 aromatic carbocycles. The average Bonchev–Trinajstić information content (AvgIpc) is 2.54. The molecule has 1 N–H and O–H groups in total. The second-order valence-corrected chi connectivity index (χ2v) is 8.07. The molecular weight excluding hydrogens is 322 g/mol. The molecule has 0 heterocycles. The van der Waals surface area contributed by atoms with Crippen LogP contribution in [-0.2, 0) is 16.4 Å². The number of methoxy groups -OCH3 is 1. The first-order valence-electron chi connectivity index (χ1n) is 8.07. The molecule has 0 radical (unpaired) electrons. The third kappa shape index (κ3) is 4.82. The molecule has 0 fully saturated rings. The van der Waals surface area contributed by atoms with E-state index in [9.17, 15) is 8.42 Å². The molecule has 0 aromatic heterocycles. The molecule has 0 saturated carbocycles. The highest BCUT2D eigenvalue weighted by Crippen LogP contribution is 2.20. The molecule has 0 aliphatic heterocycles. The van der Waals surface area contributed by atoms with Gasteiger partial charge in [0.15, 0.2) is 0 Å². The van der Waals surface area contributed by atoms with E-state index in [0.717, 1.165) is 23.3 Å². The van der Waals surface area contributed by atoms with Crippen LogP contribution in [0.4, 0.5) is 0 Å². The largest absolute Gasteiger partial charge is 0.497 e. The maximum Gasteiger partial charge on any atom is 0.241 e. The number of hydrogen-bond donors (Lipinski definition) is 1. The summed E-state index contributed by atoms with van der Waals surface area (Å²) in [6.07, 6.45) is 0.940. The lowest BCUT2D eigenvalue weighted by Crippen LogP contribution is -2.26. The number of hydrogen-bond acceptors (Lipinski definition) is 3. The zero-order valence-corrected chi connectivity index (χ0v) is 15.4. The monoisotopic (exact) mass is 347 g/mol. The van der Waals surface area contributed by atoms with Gasteiger partial charge in [0.2, 0.25) is 10.0 Å². The van der Waals surface area contributed by atoms with Crippen molar-refractivity contribution in [1.82, 2.24) is 4.72 Å². The summed E-state index contributed by atoms with van der Waals surface area (Å²) in [6.45, 7) is 6.11. The first kappa shape index (κ1) is 18.5. The average molecular weight is 347 g/mol. The normalized spacial score (nSPS) is 13.0. The minimum absolute atomic E-state index is 0.287. The van der Waals surface area contributed by atoms with Gasteiger partial charge in [-0.3, -0.25) is 0 Å². The van der Waals surface area contributed by atoms with Gasteiger partial charge in [-0.15, -0.1) is 0 Å². The van der Waals surface area contributed by atoms with Gasteiger partial charge in [0.25, 0.3) is 0 Å². The van der Waals surface area contributed by atoms with E-state index in [1.165, 1.54) is 0 Å². The molecule has 0 aliphatic rings. The molecule has 2 aromatic rings. The van der Waals surface area contributed by atoms with Gasteiger partial charge in [0, 0.05) is 6.04 Å². The van der Waals surface area contributed by atoms with Crippen LogP contribution in [0.2, 0.25) is 0 Å². The highest BCUT2D eigenvalue weighted by atomic mass is 32.2. The van der Waals surface area contributed by atoms with Gasteiger partial charge in [-0.05, 0) is 54.7 Å². The van der Waals surface area contributed by atoms with Crippen LogP contribution in [0, 0.1) is 5.92 Å². The summed E-state index contributed by atoms with van der Waals surface area (Å²) < 4.78 is 32.9. The van der Waals surface area contributed by atoms with Crippen molar-refractivity contribution < 1.29 is 13.2 Å². The Labute approximate surface area is 144 Å². The summed E-state index contributed by atoms with van der Waals surface area (Å²) in [4.78, 5) is 0.287. The Bertz CT molecular complexity index is 750. The van der Waals surface area contributed by atoms with E-state index in [1.807, 2.05) is 43.3 Å². The van der Waals surface area contributed by atoms with Crippen molar-refractivity contribution in [2.75, 3.05) is 7.11 Å². The number of benzene rings is 2. The van der Waals surface area contributed by atoms with Crippen molar-refractivity contribution in [3.8, 4) is 5.75 Å². The van der Waals surface area contributed by atoms with Gasteiger partial charge in [-0.25, -0.2) is 13.1 Å². The predicted octanol–water partition coefficient (Wildman–Crippen LogP) is 3.93. The van der Waals surface area contributed by atoms with E-state index in [2.05, 4.69) is 18.6 Å². The molecular formula is C19H25NO3S. The zero-order valence-electron chi connectivity index (χ0n) is 14.6. The quantitative estimate of drug-likeness (QED) is 0.825. The van der Waals surface area contributed by atoms with Crippen molar-refractivity contribution in [2.24, 2.45) is 5.92 Å². The second-order valence-electron chi connectivity index (χ2n) is 6.36. The lowest BCUT2D eigenvalue weighted by atomic mass is 10.0. The molecule has 2 rings (SSSR count). The summed E-state index contributed by atoms with van der Waals surface area (Å²) in [7, 11) is -1.95. The molecule has 24 heavy (non-hydrogen) atoms. The highest BCUT2D eigenvalue weighted by Gasteiger charge is 2.18. The van der Waals surface area contributed by atoms with Crippen molar-refractivity contribution in [2.45, 2.75) is 38.1 Å². The molecule has 0 saturated heterocycles. The third-order valence-electron chi connectivity index (χ3n) is 3.83. The Kier molecular flexibility index (Phi) is 6.02. The number of nitrogens with one attached hydrogen (secondary N) is 1. The third-order valence-corrected chi connectivity index (χ3v) is 5.38. The van der Waals surface area contributed by atoms with Crippen LogP contribution in [0.1, 0.15) is 37.9 Å². The van der Waals surface area contributed by atoms with Crippen LogP contribution < -0.4 is 9.46 Å². The fourth-order valence-electron chi connectivity index (χ4n) is 2.54. The van der Waals surface area contributed by atoms with Crippen molar-refractivity contribution in [1.29, 1.82) is 0 Å². The fourth-order valence-corrected chi connectivity index (χ4v) is 3.77. The molecule has 1 atom stereocenters. The van der Waals surface area contributed by atoms with E-state index in [4.69, 9.17) is 4.74 Å². The summed E-state index contributed by atoms with van der Waals surface area (Å²) in [5.74, 6) is 1.29. The molecule has 0 spiro atoms. The summed E-state index contributed by atoms with van der Waals surface area (Å²) in [5, 5.41) is 0. The van der Waals surface area contributed by atoms with Crippen molar-refractivity contribution in [3.05, 3.63) is 59.7 Å². The molecule has 5 heteroatoms. The Morgan fingerprint density at radius 1 is 0.958 bits per heavy atom. The van der Waals surface area contributed by atoms with E-state index < -0.39 is 10.0 Å². The maximum absolute atomic E-state index is 12.5. The lowest BCUT2D eigenvalue weighted by molar-refractivity contribution is 0.414. The lowest BCUT2D eigenvalue weighted by Gasteiger charge is -2.15. The Morgan fingerprint density at radius 2 is 1.54 bits per heavy atom. The predicted molar refractivity (Wildman–Crippen MR) is 96.7 cm³/mol. The second kappa shape index (κ2) is 7.81. The van der Waals surface area contributed by atoms with Crippen LogP contribution in [0.15, 0.2) is 53.4 Å². The molecule has 1 unspecified atom stereocenters. The minimum atomic E-state index is -3.55. The van der Waals surface area contributed by atoms with Crippen LogP contribution in [-0.4, -0.2) is 15.5 Å². The highest BCUT2D eigenvalue weighted by molar-refractivity contribution is 7.89. The molecule has 0 amide bonds. The summed E-state index contributed by atoms with van der Waals surface area (Å²) in [5.41, 5.74) is 2.03. The van der Waals surface area contributed by atoms with Gasteiger partial charge in [0.1, 0.15) is 5.75 Å².